The normalized spacial score (nSPS) is 12.4. The SMILES string of the molecule is CCCCCN(C)CCCOC(C)(C)C. The van der Waals surface area contributed by atoms with Crippen LogP contribution < -0.4 is 0 Å². The number of unbranched alkanes of at least 4 members (excludes halogenated alkanes) is 2. The van der Waals surface area contributed by atoms with Gasteiger partial charge < -0.3 is 9.64 Å². The van der Waals surface area contributed by atoms with Crippen molar-refractivity contribution in [1.82, 2.24) is 4.90 Å². The summed E-state index contributed by atoms with van der Waals surface area (Å²) >= 11 is 0. The molecule has 0 N–H and O–H groups in total. The maximum Gasteiger partial charge on any atom is 0.0598 e. The molecule has 0 bridgehead atoms. The molecule has 0 saturated heterocycles. The highest BCUT2D eigenvalue weighted by Crippen LogP contribution is 2.07. The molecule has 0 aliphatic rings. The molecule has 0 aromatic heterocycles. The summed E-state index contributed by atoms with van der Waals surface area (Å²) in [4.78, 5) is 2.40. The topological polar surface area (TPSA) is 12.5 Å². The van der Waals surface area contributed by atoms with Gasteiger partial charge in [0.05, 0.1) is 5.60 Å². The molecule has 0 rings (SSSR count). The Morgan fingerprint density at radius 1 is 1.00 bits per heavy atom. The summed E-state index contributed by atoms with van der Waals surface area (Å²) in [5, 5.41) is 0. The Labute approximate surface area is 96.0 Å². The van der Waals surface area contributed by atoms with Gasteiger partial charge in [-0.15, -0.1) is 0 Å². The van der Waals surface area contributed by atoms with E-state index in [0.717, 1.165) is 19.6 Å². The van der Waals surface area contributed by atoms with Crippen LogP contribution in [0, 0.1) is 0 Å². The minimum absolute atomic E-state index is 0.0147. The third-order valence-corrected chi connectivity index (χ3v) is 2.36. The highest BCUT2D eigenvalue weighted by atomic mass is 16.5. The van der Waals surface area contributed by atoms with E-state index in [-0.39, 0.29) is 5.60 Å². The highest BCUT2D eigenvalue weighted by Gasteiger charge is 2.09. The Hall–Kier alpha value is -0.0800. The fraction of sp³-hybridized carbons (Fsp3) is 1.00. The van der Waals surface area contributed by atoms with E-state index in [9.17, 15) is 0 Å². The largest absolute Gasteiger partial charge is 0.376 e. The fourth-order valence-corrected chi connectivity index (χ4v) is 1.46. The number of ether oxygens (including phenoxy) is 1. The van der Waals surface area contributed by atoms with Gasteiger partial charge in [0.1, 0.15) is 0 Å². The number of hydrogen-bond acceptors (Lipinski definition) is 2. The first-order valence-electron chi connectivity index (χ1n) is 6.28. The average molecular weight is 215 g/mol. The molecule has 0 aliphatic heterocycles. The van der Waals surface area contributed by atoms with Crippen molar-refractivity contribution >= 4 is 0 Å². The molecular formula is C13H29NO. The molecule has 2 heteroatoms. The molecule has 0 radical (unpaired) electrons. The zero-order valence-electron chi connectivity index (χ0n) is 11.3. The molecule has 15 heavy (non-hydrogen) atoms. The van der Waals surface area contributed by atoms with Crippen LogP contribution in [0.5, 0.6) is 0 Å². The number of hydrogen-bond donors (Lipinski definition) is 0. The van der Waals surface area contributed by atoms with Crippen molar-refractivity contribution in [2.75, 3.05) is 26.7 Å². The number of nitrogens with zero attached hydrogens (tertiary/aromatic N) is 1. The maximum atomic E-state index is 5.68. The predicted octanol–water partition coefficient (Wildman–Crippen LogP) is 3.31. The van der Waals surface area contributed by atoms with E-state index in [1.165, 1.54) is 25.8 Å². The molecule has 0 amide bonds. The minimum Gasteiger partial charge on any atom is -0.376 e. The summed E-state index contributed by atoms with van der Waals surface area (Å²) in [5.74, 6) is 0. The van der Waals surface area contributed by atoms with Crippen molar-refractivity contribution in [3.63, 3.8) is 0 Å². The summed E-state index contributed by atoms with van der Waals surface area (Å²) in [6.07, 6.45) is 5.12. The van der Waals surface area contributed by atoms with E-state index >= 15 is 0 Å². The van der Waals surface area contributed by atoms with Gasteiger partial charge in [0.15, 0.2) is 0 Å². The highest BCUT2D eigenvalue weighted by molar-refractivity contribution is 4.59. The Kier molecular flexibility index (Phi) is 8.07. The van der Waals surface area contributed by atoms with Gasteiger partial charge in [-0.3, -0.25) is 0 Å². The van der Waals surface area contributed by atoms with E-state index in [1.807, 2.05) is 0 Å². The van der Waals surface area contributed by atoms with E-state index in [2.05, 4.69) is 39.6 Å². The second-order valence-electron chi connectivity index (χ2n) is 5.32. The van der Waals surface area contributed by atoms with Crippen molar-refractivity contribution in [3.8, 4) is 0 Å². The molecular weight excluding hydrogens is 186 g/mol. The van der Waals surface area contributed by atoms with Crippen molar-refractivity contribution in [1.29, 1.82) is 0 Å². The van der Waals surface area contributed by atoms with Crippen molar-refractivity contribution in [3.05, 3.63) is 0 Å². The van der Waals surface area contributed by atoms with Crippen molar-refractivity contribution < 1.29 is 4.74 Å². The molecule has 2 nitrogen and oxygen atoms in total. The Bertz CT molecular complexity index is 140. The first-order valence-corrected chi connectivity index (χ1v) is 6.28. The molecule has 0 fully saturated rings. The summed E-state index contributed by atoms with van der Waals surface area (Å²) in [7, 11) is 2.20. The molecule has 0 unspecified atom stereocenters. The van der Waals surface area contributed by atoms with Crippen LogP contribution in [0.4, 0.5) is 0 Å². The van der Waals surface area contributed by atoms with E-state index in [0.29, 0.717) is 0 Å². The van der Waals surface area contributed by atoms with Gasteiger partial charge in [0.25, 0.3) is 0 Å². The number of rotatable bonds is 8. The van der Waals surface area contributed by atoms with Gasteiger partial charge in [-0.2, -0.15) is 0 Å². The third kappa shape index (κ3) is 11.8. The monoisotopic (exact) mass is 215 g/mol. The average Bonchev–Trinajstić information content (AvgIpc) is 2.11. The smallest absolute Gasteiger partial charge is 0.0598 e. The lowest BCUT2D eigenvalue weighted by Crippen LogP contribution is -2.25. The summed E-state index contributed by atoms with van der Waals surface area (Å²) in [6, 6.07) is 0. The Balaban J connectivity index is 3.27. The molecule has 0 aromatic carbocycles. The molecule has 0 aromatic rings. The van der Waals surface area contributed by atoms with E-state index < -0.39 is 0 Å². The van der Waals surface area contributed by atoms with Crippen LogP contribution >= 0.6 is 0 Å². The van der Waals surface area contributed by atoms with E-state index in [1.54, 1.807) is 0 Å². The lowest BCUT2D eigenvalue weighted by molar-refractivity contribution is -0.00630. The maximum absolute atomic E-state index is 5.68. The predicted molar refractivity (Wildman–Crippen MR) is 67.3 cm³/mol. The molecule has 0 saturated carbocycles. The van der Waals surface area contributed by atoms with Gasteiger partial charge in [-0.1, -0.05) is 19.8 Å². The van der Waals surface area contributed by atoms with Crippen LogP contribution in [0.1, 0.15) is 53.4 Å². The third-order valence-electron chi connectivity index (χ3n) is 2.36. The van der Waals surface area contributed by atoms with Crippen LogP contribution in [0.25, 0.3) is 0 Å². The Morgan fingerprint density at radius 2 is 1.60 bits per heavy atom. The zero-order chi connectivity index (χ0) is 11.7. The van der Waals surface area contributed by atoms with E-state index in [4.69, 9.17) is 4.74 Å². The zero-order valence-corrected chi connectivity index (χ0v) is 11.3. The van der Waals surface area contributed by atoms with Crippen LogP contribution in [0.3, 0.4) is 0 Å². The molecule has 0 aliphatic carbocycles. The quantitative estimate of drug-likeness (QED) is 0.576. The van der Waals surface area contributed by atoms with Crippen LogP contribution in [0.15, 0.2) is 0 Å². The second-order valence-corrected chi connectivity index (χ2v) is 5.32. The van der Waals surface area contributed by atoms with Crippen LogP contribution in [-0.2, 0) is 4.74 Å². The van der Waals surface area contributed by atoms with Crippen LogP contribution in [0.2, 0.25) is 0 Å². The summed E-state index contributed by atoms with van der Waals surface area (Å²) < 4.78 is 5.68. The molecule has 0 spiro atoms. The lowest BCUT2D eigenvalue weighted by Gasteiger charge is -2.21. The molecule has 0 atom stereocenters. The van der Waals surface area contributed by atoms with Gasteiger partial charge in [0, 0.05) is 13.2 Å². The summed E-state index contributed by atoms with van der Waals surface area (Å²) in [5.41, 5.74) is 0.0147. The minimum atomic E-state index is 0.0147. The van der Waals surface area contributed by atoms with Crippen LogP contribution in [-0.4, -0.2) is 37.2 Å². The van der Waals surface area contributed by atoms with Crippen molar-refractivity contribution in [2.24, 2.45) is 0 Å². The second kappa shape index (κ2) is 8.12. The molecule has 92 valence electrons. The van der Waals surface area contributed by atoms with Gasteiger partial charge >= 0.3 is 0 Å². The molecule has 0 heterocycles. The standard InChI is InChI=1S/C13H29NO/c1-6-7-8-10-14(5)11-9-12-15-13(2,3)4/h6-12H2,1-5H3. The Morgan fingerprint density at radius 3 is 2.13 bits per heavy atom. The van der Waals surface area contributed by atoms with Gasteiger partial charge in [0.2, 0.25) is 0 Å². The van der Waals surface area contributed by atoms with Gasteiger partial charge in [-0.05, 0) is 47.2 Å². The first-order chi connectivity index (χ1) is 6.95. The lowest BCUT2D eigenvalue weighted by atomic mass is 10.2. The van der Waals surface area contributed by atoms with Gasteiger partial charge in [-0.25, -0.2) is 0 Å². The fourth-order valence-electron chi connectivity index (χ4n) is 1.46. The van der Waals surface area contributed by atoms with Crippen molar-refractivity contribution in [2.45, 2.75) is 59.0 Å². The summed E-state index contributed by atoms with van der Waals surface area (Å²) in [6.45, 7) is 11.8. The first kappa shape index (κ1) is 14.9.